The maximum Gasteiger partial charge on any atom is 0.119 e. The molecule has 106 valence electrons. The quantitative estimate of drug-likeness (QED) is 0.776. The van der Waals surface area contributed by atoms with E-state index in [1.165, 1.54) is 11.1 Å². The number of hydrogen-bond donors (Lipinski definition) is 1. The Labute approximate surface area is 129 Å². The third-order valence-electron chi connectivity index (χ3n) is 2.81. The molecule has 0 amide bonds. The third kappa shape index (κ3) is 4.32. The van der Waals surface area contributed by atoms with Crippen molar-refractivity contribution in [3.63, 3.8) is 0 Å². The van der Waals surface area contributed by atoms with E-state index < -0.39 is 0 Å². The van der Waals surface area contributed by atoms with Crippen molar-refractivity contribution in [2.24, 2.45) is 0 Å². The van der Waals surface area contributed by atoms with Crippen molar-refractivity contribution in [1.82, 2.24) is 0 Å². The second kappa shape index (κ2) is 6.87. The van der Waals surface area contributed by atoms with Crippen molar-refractivity contribution in [3.05, 3.63) is 57.6 Å². The van der Waals surface area contributed by atoms with E-state index in [-0.39, 0.29) is 0 Å². The molecular formula is C16H17Cl2NO. The predicted octanol–water partition coefficient (Wildman–Crippen LogP) is 5.10. The largest absolute Gasteiger partial charge is 0.492 e. The number of rotatable bonds is 5. The van der Waals surface area contributed by atoms with Gasteiger partial charge in [-0.1, -0.05) is 29.3 Å². The van der Waals surface area contributed by atoms with E-state index >= 15 is 0 Å². The zero-order valence-corrected chi connectivity index (χ0v) is 13.1. The summed E-state index contributed by atoms with van der Waals surface area (Å²) in [5.74, 6) is 0.895. The minimum absolute atomic E-state index is 0.571. The molecule has 0 aromatic heterocycles. The molecule has 2 aromatic carbocycles. The number of anilines is 1. The Morgan fingerprint density at radius 1 is 1.00 bits per heavy atom. The fraction of sp³-hybridized carbons (Fsp3) is 0.250. The van der Waals surface area contributed by atoms with Crippen LogP contribution in [0.5, 0.6) is 5.75 Å². The molecule has 0 aliphatic heterocycles. The highest BCUT2D eigenvalue weighted by Crippen LogP contribution is 2.25. The van der Waals surface area contributed by atoms with Crippen LogP contribution in [0.2, 0.25) is 10.0 Å². The van der Waals surface area contributed by atoms with Gasteiger partial charge in [-0.05, 0) is 55.3 Å². The molecule has 4 heteroatoms. The summed E-state index contributed by atoms with van der Waals surface area (Å²) < 4.78 is 5.72. The standard InChI is InChI=1S/C16H17Cl2NO/c1-11-7-12(2)9-14(8-11)20-6-5-19-16-4-3-13(17)10-15(16)18/h3-4,7-10,19H,5-6H2,1-2H3. The predicted molar refractivity (Wildman–Crippen MR) is 86.4 cm³/mol. The first kappa shape index (κ1) is 15.0. The van der Waals surface area contributed by atoms with Gasteiger partial charge in [0.15, 0.2) is 0 Å². The zero-order chi connectivity index (χ0) is 14.5. The third-order valence-corrected chi connectivity index (χ3v) is 3.36. The minimum Gasteiger partial charge on any atom is -0.492 e. The van der Waals surface area contributed by atoms with Gasteiger partial charge in [-0.2, -0.15) is 0 Å². The SMILES string of the molecule is Cc1cc(C)cc(OCCNc2ccc(Cl)cc2Cl)c1. The second-order valence-corrected chi connectivity index (χ2v) is 5.57. The molecule has 2 rings (SSSR count). The maximum absolute atomic E-state index is 6.08. The molecule has 2 nitrogen and oxygen atoms in total. The molecule has 0 fully saturated rings. The molecule has 0 heterocycles. The molecule has 0 bridgehead atoms. The number of ether oxygens (including phenoxy) is 1. The molecule has 0 atom stereocenters. The Balaban J connectivity index is 1.84. The fourth-order valence-electron chi connectivity index (χ4n) is 2.00. The summed E-state index contributed by atoms with van der Waals surface area (Å²) in [4.78, 5) is 0. The van der Waals surface area contributed by atoms with Crippen molar-refractivity contribution >= 4 is 28.9 Å². The van der Waals surface area contributed by atoms with Gasteiger partial charge in [-0.15, -0.1) is 0 Å². The molecular weight excluding hydrogens is 293 g/mol. The topological polar surface area (TPSA) is 21.3 Å². The molecule has 0 unspecified atom stereocenters. The average Bonchev–Trinajstić information content (AvgIpc) is 2.35. The molecule has 0 aliphatic carbocycles. The fourth-order valence-corrected chi connectivity index (χ4v) is 2.48. The molecule has 1 N–H and O–H groups in total. The molecule has 0 radical (unpaired) electrons. The summed E-state index contributed by atoms with van der Waals surface area (Å²) in [6.07, 6.45) is 0. The van der Waals surface area contributed by atoms with Crippen molar-refractivity contribution in [3.8, 4) is 5.75 Å². The van der Waals surface area contributed by atoms with Crippen LogP contribution in [0.1, 0.15) is 11.1 Å². The Morgan fingerprint density at radius 3 is 2.35 bits per heavy atom. The van der Waals surface area contributed by atoms with Crippen LogP contribution in [0, 0.1) is 13.8 Å². The lowest BCUT2D eigenvalue weighted by Crippen LogP contribution is -2.11. The lowest BCUT2D eigenvalue weighted by molar-refractivity contribution is 0.332. The van der Waals surface area contributed by atoms with Crippen LogP contribution in [0.3, 0.4) is 0 Å². The van der Waals surface area contributed by atoms with Gasteiger partial charge in [0, 0.05) is 11.6 Å². The first-order chi connectivity index (χ1) is 9.54. The van der Waals surface area contributed by atoms with Crippen LogP contribution < -0.4 is 10.1 Å². The first-order valence-corrected chi connectivity index (χ1v) is 7.20. The molecule has 0 saturated heterocycles. The number of nitrogens with one attached hydrogen (secondary N) is 1. The molecule has 0 spiro atoms. The van der Waals surface area contributed by atoms with Gasteiger partial charge in [0.05, 0.1) is 10.7 Å². The molecule has 2 aromatic rings. The minimum atomic E-state index is 0.571. The highest BCUT2D eigenvalue weighted by molar-refractivity contribution is 6.36. The van der Waals surface area contributed by atoms with E-state index in [2.05, 4.69) is 25.2 Å². The van der Waals surface area contributed by atoms with Crippen LogP contribution in [0.15, 0.2) is 36.4 Å². The summed E-state index contributed by atoms with van der Waals surface area (Å²) >= 11 is 11.9. The maximum atomic E-state index is 6.08. The summed E-state index contributed by atoms with van der Waals surface area (Å²) in [5, 5.41) is 4.47. The smallest absolute Gasteiger partial charge is 0.119 e. The van der Waals surface area contributed by atoms with Gasteiger partial charge in [0.2, 0.25) is 0 Å². The lowest BCUT2D eigenvalue weighted by Gasteiger charge is -2.11. The summed E-state index contributed by atoms with van der Waals surface area (Å²) in [6.45, 7) is 5.37. The number of aryl methyl sites for hydroxylation is 2. The van der Waals surface area contributed by atoms with Gasteiger partial charge in [-0.25, -0.2) is 0 Å². The Morgan fingerprint density at radius 2 is 1.70 bits per heavy atom. The molecule has 20 heavy (non-hydrogen) atoms. The average molecular weight is 310 g/mol. The van der Waals surface area contributed by atoms with Crippen LogP contribution >= 0.6 is 23.2 Å². The van der Waals surface area contributed by atoms with Crippen molar-refractivity contribution in [2.75, 3.05) is 18.5 Å². The molecule has 0 saturated carbocycles. The van der Waals surface area contributed by atoms with Crippen molar-refractivity contribution < 1.29 is 4.74 Å². The summed E-state index contributed by atoms with van der Waals surface area (Å²) in [6, 6.07) is 11.6. The first-order valence-electron chi connectivity index (χ1n) is 6.44. The normalized spacial score (nSPS) is 10.4. The van der Waals surface area contributed by atoms with Crippen LogP contribution in [-0.4, -0.2) is 13.2 Å². The summed E-state index contributed by atoms with van der Waals surface area (Å²) in [7, 11) is 0. The lowest BCUT2D eigenvalue weighted by atomic mass is 10.1. The number of benzene rings is 2. The number of hydrogen-bond acceptors (Lipinski definition) is 2. The van der Waals surface area contributed by atoms with E-state index in [1.807, 2.05) is 18.2 Å². The van der Waals surface area contributed by atoms with Crippen LogP contribution in [0.4, 0.5) is 5.69 Å². The van der Waals surface area contributed by atoms with E-state index in [9.17, 15) is 0 Å². The van der Waals surface area contributed by atoms with Gasteiger partial charge in [0.1, 0.15) is 12.4 Å². The Hall–Kier alpha value is -1.38. The van der Waals surface area contributed by atoms with Gasteiger partial charge in [-0.3, -0.25) is 0 Å². The van der Waals surface area contributed by atoms with Gasteiger partial charge < -0.3 is 10.1 Å². The highest BCUT2D eigenvalue weighted by atomic mass is 35.5. The Bertz CT molecular complexity index is 579. The van der Waals surface area contributed by atoms with Crippen molar-refractivity contribution in [2.45, 2.75) is 13.8 Å². The van der Waals surface area contributed by atoms with Gasteiger partial charge >= 0.3 is 0 Å². The van der Waals surface area contributed by atoms with E-state index in [1.54, 1.807) is 12.1 Å². The van der Waals surface area contributed by atoms with Crippen LogP contribution in [-0.2, 0) is 0 Å². The Kier molecular flexibility index (Phi) is 5.16. The second-order valence-electron chi connectivity index (χ2n) is 4.72. The zero-order valence-electron chi connectivity index (χ0n) is 11.5. The van der Waals surface area contributed by atoms with E-state index in [0.717, 1.165) is 11.4 Å². The van der Waals surface area contributed by atoms with Crippen molar-refractivity contribution in [1.29, 1.82) is 0 Å². The van der Waals surface area contributed by atoms with Crippen LogP contribution in [0.25, 0.3) is 0 Å². The van der Waals surface area contributed by atoms with E-state index in [0.29, 0.717) is 23.2 Å². The molecule has 0 aliphatic rings. The summed E-state index contributed by atoms with van der Waals surface area (Å²) in [5.41, 5.74) is 3.27. The highest BCUT2D eigenvalue weighted by Gasteiger charge is 2.01. The number of halogens is 2. The monoisotopic (exact) mass is 309 g/mol. The van der Waals surface area contributed by atoms with E-state index in [4.69, 9.17) is 27.9 Å². The van der Waals surface area contributed by atoms with Gasteiger partial charge in [0.25, 0.3) is 0 Å².